The summed E-state index contributed by atoms with van der Waals surface area (Å²) in [5, 5.41) is 17.2. The van der Waals surface area contributed by atoms with E-state index in [9.17, 15) is 19.2 Å². The molecule has 0 unspecified atom stereocenters. The number of fused-ring (bicyclic) bond motifs is 1. The van der Waals surface area contributed by atoms with Gasteiger partial charge in [-0.25, -0.2) is 9.59 Å². The minimum absolute atomic E-state index is 0.139. The smallest absolute Gasteiger partial charge is 0.404 e. The summed E-state index contributed by atoms with van der Waals surface area (Å²) in [5.74, 6) is 0.313. The number of likely N-dealkylation sites (tertiary alicyclic amines) is 1. The molecule has 1 aliphatic carbocycles. The molecule has 3 aliphatic rings. The van der Waals surface area contributed by atoms with Crippen molar-refractivity contribution in [2.75, 3.05) is 29.9 Å². The monoisotopic (exact) mass is 457 g/mol. The molecule has 5 amide bonds. The van der Waals surface area contributed by atoms with Crippen molar-refractivity contribution in [1.82, 2.24) is 15.5 Å². The molecule has 178 valence electrons. The van der Waals surface area contributed by atoms with Crippen molar-refractivity contribution < 1.29 is 24.3 Å². The first kappa shape index (κ1) is 22.9. The fourth-order valence-corrected chi connectivity index (χ4v) is 4.52. The Bertz CT molecular complexity index is 939. The zero-order valence-corrected chi connectivity index (χ0v) is 18.8. The molecule has 1 aromatic carbocycles. The van der Waals surface area contributed by atoms with Crippen LogP contribution in [0.25, 0.3) is 0 Å². The zero-order chi connectivity index (χ0) is 23.5. The van der Waals surface area contributed by atoms with Crippen LogP contribution in [0.2, 0.25) is 0 Å². The zero-order valence-electron chi connectivity index (χ0n) is 18.8. The number of benzene rings is 1. The molecule has 1 saturated carbocycles. The highest BCUT2D eigenvalue weighted by molar-refractivity contribution is 6.06. The predicted octanol–water partition coefficient (Wildman–Crippen LogP) is 2.61. The number of nitrogens with one attached hydrogen (secondary N) is 3. The number of carboxylic acid groups (broad SMARTS) is 1. The Hall–Kier alpha value is -3.30. The standard InChI is InChI=1S/C23H31N5O5/c1-14-12-20(29)26-18-13-16(21(30)24-9-6-15-2-3-15)4-5-19(18)28(14)23(33)27-10-7-17(8-11-27)25-22(31)32/h4-5,13-15,17,25H,2-3,6-12H2,1H3,(H,24,30)(H,26,29)(H,31,32)/t14-/m0/s1. The summed E-state index contributed by atoms with van der Waals surface area (Å²) in [6, 6.07) is 4.25. The fraction of sp³-hybridized carbons (Fsp3) is 0.565. The lowest BCUT2D eigenvalue weighted by atomic mass is 10.1. The van der Waals surface area contributed by atoms with Crippen LogP contribution in [-0.4, -0.2) is 65.7 Å². The number of carbonyl (C=O) groups excluding carboxylic acids is 3. The number of carbonyl (C=O) groups is 4. The Morgan fingerprint density at radius 2 is 1.88 bits per heavy atom. The van der Waals surface area contributed by atoms with Gasteiger partial charge in [0.15, 0.2) is 0 Å². The molecule has 0 spiro atoms. The number of piperidine rings is 1. The van der Waals surface area contributed by atoms with Crippen LogP contribution in [0.5, 0.6) is 0 Å². The first-order valence-corrected chi connectivity index (χ1v) is 11.6. The van der Waals surface area contributed by atoms with Gasteiger partial charge in [-0.2, -0.15) is 0 Å². The Labute approximate surface area is 192 Å². The van der Waals surface area contributed by atoms with Gasteiger partial charge in [0.2, 0.25) is 5.91 Å². The molecule has 2 aliphatic heterocycles. The first-order chi connectivity index (χ1) is 15.8. The third kappa shape index (κ3) is 5.55. The molecule has 10 nitrogen and oxygen atoms in total. The van der Waals surface area contributed by atoms with Crippen LogP contribution >= 0.6 is 0 Å². The summed E-state index contributed by atoms with van der Waals surface area (Å²) in [4.78, 5) is 52.6. The Morgan fingerprint density at radius 3 is 2.55 bits per heavy atom. The molecular formula is C23H31N5O5. The molecule has 1 saturated heterocycles. The summed E-state index contributed by atoms with van der Waals surface area (Å²) in [7, 11) is 0. The molecule has 33 heavy (non-hydrogen) atoms. The Balaban J connectivity index is 1.49. The summed E-state index contributed by atoms with van der Waals surface area (Å²) in [6.07, 6.45) is 3.58. The van der Waals surface area contributed by atoms with Gasteiger partial charge in [-0.1, -0.05) is 12.8 Å². The van der Waals surface area contributed by atoms with Gasteiger partial charge in [-0.15, -0.1) is 0 Å². The van der Waals surface area contributed by atoms with Gasteiger partial charge in [0.25, 0.3) is 5.91 Å². The topological polar surface area (TPSA) is 131 Å². The molecule has 1 atom stereocenters. The van der Waals surface area contributed by atoms with Crippen molar-refractivity contribution in [3.63, 3.8) is 0 Å². The van der Waals surface area contributed by atoms with Gasteiger partial charge in [-0.05, 0) is 50.3 Å². The highest BCUT2D eigenvalue weighted by atomic mass is 16.4. The van der Waals surface area contributed by atoms with Crippen LogP contribution < -0.4 is 20.9 Å². The van der Waals surface area contributed by atoms with Crippen LogP contribution in [0.15, 0.2) is 18.2 Å². The number of hydrogen-bond acceptors (Lipinski definition) is 4. The van der Waals surface area contributed by atoms with Gasteiger partial charge >= 0.3 is 12.1 Å². The second-order valence-corrected chi connectivity index (χ2v) is 9.18. The van der Waals surface area contributed by atoms with E-state index in [0.29, 0.717) is 49.4 Å². The normalized spacial score (nSPS) is 21.0. The average molecular weight is 458 g/mol. The number of anilines is 2. The van der Waals surface area contributed by atoms with Crippen LogP contribution in [0, 0.1) is 5.92 Å². The van der Waals surface area contributed by atoms with Crippen molar-refractivity contribution in [2.45, 2.75) is 57.5 Å². The molecule has 0 bridgehead atoms. The van der Waals surface area contributed by atoms with E-state index >= 15 is 0 Å². The summed E-state index contributed by atoms with van der Waals surface area (Å²) in [6.45, 7) is 3.29. The van der Waals surface area contributed by atoms with Crippen molar-refractivity contribution in [1.29, 1.82) is 0 Å². The minimum Gasteiger partial charge on any atom is -0.465 e. The van der Waals surface area contributed by atoms with E-state index in [0.717, 1.165) is 12.3 Å². The quantitative estimate of drug-likeness (QED) is 0.540. The largest absolute Gasteiger partial charge is 0.465 e. The molecule has 4 rings (SSSR count). The second-order valence-electron chi connectivity index (χ2n) is 9.18. The SMILES string of the molecule is C[C@H]1CC(=O)Nc2cc(C(=O)NCCC3CC3)ccc2N1C(=O)N1CCC(NC(=O)O)CC1. The van der Waals surface area contributed by atoms with Crippen LogP contribution in [0.1, 0.15) is 55.8 Å². The molecule has 2 fully saturated rings. The van der Waals surface area contributed by atoms with E-state index in [1.165, 1.54) is 12.8 Å². The second kappa shape index (κ2) is 9.68. The fourth-order valence-electron chi connectivity index (χ4n) is 4.52. The summed E-state index contributed by atoms with van der Waals surface area (Å²) >= 11 is 0. The van der Waals surface area contributed by atoms with Crippen LogP contribution in [-0.2, 0) is 4.79 Å². The maximum Gasteiger partial charge on any atom is 0.404 e. The van der Waals surface area contributed by atoms with Crippen LogP contribution in [0.3, 0.4) is 0 Å². The predicted molar refractivity (Wildman–Crippen MR) is 122 cm³/mol. The molecular weight excluding hydrogens is 426 g/mol. The van der Waals surface area contributed by atoms with Gasteiger partial charge < -0.3 is 26.0 Å². The number of urea groups is 1. The molecule has 1 aromatic rings. The van der Waals surface area contributed by atoms with Gasteiger partial charge in [0.05, 0.1) is 11.4 Å². The lowest BCUT2D eigenvalue weighted by Crippen LogP contribution is -2.52. The van der Waals surface area contributed by atoms with E-state index in [4.69, 9.17) is 5.11 Å². The van der Waals surface area contributed by atoms with Crippen molar-refractivity contribution in [2.24, 2.45) is 5.92 Å². The molecule has 4 N–H and O–H groups in total. The number of rotatable bonds is 5. The lowest BCUT2D eigenvalue weighted by molar-refractivity contribution is -0.116. The molecule has 10 heteroatoms. The third-order valence-electron chi connectivity index (χ3n) is 6.55. The van der Waals surface area contributed by atoms with Crippen LogP contribution in [0.4, 0.5) is 21.0 Å². The third-order valence-corrected chi connectivity index (χ3v) is 6.55. The molecule has 0 aromatic heterocycles. The van der Waals surface area contributed by atoms with E-state index < -0.39 is 6.09 Å². The van der Waals surface area contributed by atoms with Gasteiger partial charge in [-0.3, -0.25) is 14.5 Å². The van der Waals surface area contributed by atoms with Gasteiger partial charge in [0, 0.05) is 43.7 Å². The Kier molecular flexibility index (Phi) is 6.71. The Morgan fingerprint density at radius 1 is 1.15 bits per heavy atom. The molecule has 2 heterocycles. The van der Waals surface area contributed by atoms with Crippen molar-refractivity contribution in [3.8, 4) is 0 Å². The van der Waals surface area contributed by atoms with Gasteiger partial charge in [0.1, 0.15) is 0 Å². The van der Waals surface area contributed by atoms with E-state index in [-0.39, 0.29) is 36.3 Å². The molecule has 0 radical (unpaired) electrons. The van der Waals surface area contributed by atoms with E-state index in [2.05, 4.69) is 16.0 Å². The maximum atomic E-state index is 13.4. The summed E-state index contributed by atoms with van der Waals surface area (Å²) < 4.78 is 0. The first-order valence-electron chi connectivity index (χ1n) is 11.6. The minimum atomic E-state index is -1.06. The maximum absolute atomic E-state index is 13.4. The number of hydrogen-bond donors (Lipinski definition) is 4. The summed E-state index contributed by atoms with van der Waals surface area (Å²) in [5.41, 5.74) is 1.43. The van der Waals surface area contributed by atoms with Crippen molar-refractivity contribution >= 4 is 35.3 Å². The van der Waals surface area contributed by atoms with Crippen molar-refractivity contribution in [3.05, 3.63) is 23.8 Å². The highest BCUT2D eigenvalue weighted by Crippen LogP contribution is 2.34. The van der Waals surface area contributed by atoms with E-state index in [1.54, 1.807) is 28.0 Å². The highest BCUT2D eigenvalue weighted by Gasteiger charge is 2.34. The lowest BCUT2D eigenvalue weighted by Gasteiger charge is -2.37. The van der Waals surface area contributed by atoms with E-state index in [1.807, 2.05) is 6.92 Å². The number of amides is 5. The number of nitrogens with zero attached hydrogens (tertiary/aromatic N) is 2. The average Bonchev–Trinajstić information content (AvgIpc) is 3.59.